The van der Waals surface area contributed by atoms with Crippen molar-refractivity contribution in [1.29, 1.82) is 0 Å². The summed E-state index contributed by atoms with van der Waals surface area (Å²) in [6.45, 7) is -0.636. The van der Waals surface area contributed by atoms with E-state index in [1.807, 2.05) is 0 Å². The predicted octanol–water partition coefficient (Wildman–Crippen LogP) is 0.0532. The molecule has 0 aromatic heterocycles. The largest absolute Gasteiger partial charge is 0.469 e. The van der Waals surface area contributed by atoms with Crippen LogP contribution in [0.3, 0.4) is 0 Å². The number of anilines is 1. The lowest BCUT2D eigenvalue weighted by atomic mass is 10.1. The van der Waals surface area contributed by atoms with Crippen LogP contribution in [0.2, 0.25) is 0 Å². The molecule has 1 rings (SSSR count). The highest BCUT2D eigenvalue weighted by Crippen LogP contribution is 2.35. The van der Waals surface area contributed by atoms with Gasteiger partial charge in [-0.25, -0.2) is 4.57 Å². The summed E-state index contributed by atoms with van der Waals surface area (Å²) in [7, 11) is -4.70. The first kappa shape index (κ1) is 20.0. The van der Waals surface area contributed by atoms with Crippen molar-refractivity contribution in [1.82, 2.24) is 0 Å². The second-order valence-electron chi connectivity index (χ2n) is 4.32. The Morgan fingerprint density at radius 3 is 2.56 bits per heavy atom. The van der Waals surface area contributed by atoms with Crippen LogP contribution in [0.1, 0.15) is 5.56 Å². The molecule has 8 heteroatoms. The summed E-state index contributed by atoms with van der Waals surface area (Å²) >= 11 is 0. The van der Waals surface area contributed by atoms with Gasteiger partial charge in [-0.15, -0.1) is 6.42 Å². The van der Waals surface area contributed by atoms with Gasteiger partial charge in [0.1, 0.15) is 6.04 Å². The molecular weight excluding hydrogens is 343 g/mol. The van der Waals surface area contributed by atoms with Gasteiger partial charge in [-0.1, -0.05) is 18.1 Å². The topological polar surface area (TPSA) is 122 Å². The van der Waals surface area contributed by atoms with Gasteiger partial charge >= 0.3 is 7.82 Å². The molecule has 0 saturated carbocycles. The molecule has 1 unspecified atom stereocenters. The smallest absolute Gasteiger partial charge is 0.324 e. The molecule has 1 amide bonds. The zero-order valence-electron chi connectivity index (χ0n) is 12.8. The summed E-state index contributed by atoms with van der Waals surface area (Å²) in [4.78, 5) is 29.2. The summed E-state index contributed by atoms with van der Waals surface area (Å²) < 4.78 is 14.8. The van der Waals surface area contributed by atoms with E-state index in [1.54, 1.807) is 24.3 Å². The molecule has 0 spiro atoms. The number of nitrogens with one attached hydrogen (secondary N) is 1. The number of carbonyl (C=O) groups is 1. The van der Waals surface area contributed by atoms with Crippen LogP contribution in [-0.2, 0) is 13.9 Å². The van der Waals surface area contributed by atoms with Crippen LogP contribution < -0.4 is 11.1 Å². The summed E-state index contributed by atoms with van der Waals surface area (Å²) in [5.74, 6) is 16.4. The molecule has 0 radical (unpaired) electrons. The molecule has 0 aliphatic carbocycles. The fourth-order valence-corrected chi connectivity index (χ4v) is 1.76. The van der Waals surface area contributed by atoms with Crippen molar-refractivity contribution in [2.45, 2.75) is 6.04 Å². The molecular formula is C17H13N2O5P. The van der Waals surface area contributed by atoms with Gasteiger partial charge in [-0.2, -0.15) is 0 Å². The number of carbonyl (C=O) groups excluding carboxylic acids is 1. The van der Waals surface area contributed by atoms with Crippen LogP contribution in [0.5, 0.6) is 0 Å². The third-order valence-corrected chi connectivity index (χ3v) is 2.95. The zero-order chi connectivity index (χ0) is 18.7. The van der Waals surface area contributed by atoms with Crippen LogP contribution in [0, 0.1) is 47.9 Å². The van der Waals surface area contributed by atoms with E-state index in [4.69, 9.17) is 21.9 Å². The zero-order valence-corrected chi connectivity index (χ0v) is 13.7. The molecule has 7 nitrogen and oxygen atoms in total. The van der Waals surface area contributed by atoms with Crippen LogP contribution in [0.15, 0.2) is 24.3 Å². The molecule has 1 aromatic carbocycles. The Morgan fingerprint density at radius 1 is 1.24 bits per heavy atom. The van der Waals surface area contributed by atoms with Crippen molar-refractivity contribution >= 4 is 19.4 Å². The van der Waals surface area contributed by atoms with Gasteiger partial charge in [0.25, 0.3) is 0 Å². The number of nitrogens with two attached hydrogens (primary N) is 1. The Morgan fingerprint density at radius 2 is 1.88 bits per heavy atom. The third-order valence-electron chi connectivity index (χ3n) is 2.46. The molecule has 0 saturated heterocycles. The van der Waals surface area contributed by atoms with E-state index in [0.29, 0.717) is 11.3 Å². The molecule has 1 atom stereocenters. The van der Waals surface area contributed by atoms with Crippen molar-refractivity contribution in [3.8, 4) is 47.9 Å². The lowest BCUT2D eigenvalue weighted by Crippen LogP contribution is -2.39. The summed E-state index contributed by atoms with van der Waals surface area (Å²) in [5, 5.41) is 2.51. The molecule has 126 valence electrons. The fraction of sp³-hybridized carbons (Fsp3) is 0.118. The van der Waals surface area contributed by atoms with Gasteiger partial charge in [0.15, 0.2) is 0 Å². The highest BCUT2D eigenvalue weighted by Gasteiger charge is 2.21. The number of hydrogen-bond acceptors (Lipinski definition) is 4. The summed E-state index contributed by atoms with van der Waals surface area (Å²) in [6, 6.07) is 5.34. The minimum absolute atomic E-state index is 0.364. The Balaban J connectivity index is 2.81. The minimum Gasteiger partial charge on any atom is -0.324 e. The van der Waals surface area contributed by atoms with E-state index < -0.39 is 26.4 Å². The van der Waals surface area contributed by atoms with Gasteiger partial charge < -0.3 is 20.8 Å². The number of terminal acetylenes is 1. The Labute approximate surface area is 145 Å². The number of phosphoric acid groups is 1. The summed E-state index contributed by atoms with van der Waals surface area (Å²) in [5.41, 5.74) is 6.35. The average molecular weight is 356 g/mol. The van der Waals surface area contributed by atoms with E-state index in [9.17, 15) is 9.36 Å². The lowest BCUT2D eigenvalue weighted by molar-refractivity contribution is -0.118. The monoisotopic (exact) mass is 356 g/mol. The van der Waals surface area contributed by atoms with Crippen LogP contribution >= 0.6 is 7.82 Å². The number of para-hydroxylation sites is 1. The minimum atomic E-state index is -4.70. The third kappa shape index (κ3) is 8.42. The number of phosphoric ester groups is 1. The fourth-order valence-electron chi connectivity index (χ4n) is 1.41. The van der Waals surface area contributed by atoms with E-state index in [1.165, 1.54) is 0 Å². The first-order valence-corrected chi connectivity index (χ1v) is 8.18. The molecule has 0 aliphatic heterocycles. The van der Waals surface area contributed by atoms with Crippen LogP contribution in [0.25, 0.3) is 0 Å². The second-order valence-corrected chi connectivity index (χ2v) is 5.56. The number of amides is 1. The maximum atomic E-state index is 11.9. The highest BCUT2D eigenvalue weighted by molar-refractivity contribution is 7.46. The second kappa shape index (κ2) is 9.99. The molecule has 1 aromatic rings. The van der Waals surface area contributed by atoms with E-state index >= 15 is 0 Å². The molecule has 25 heavy (non-hydrogen) atoms. The van der Waals surface area contributed by atoms with E-state index in [0.717, 1.165) is 0 Å². The quantitative estimate of drug-likeness (QED) is 0.437. The van der Waals surface area contributed by atoms with Crippen LogP contribution in [0.4, 0.5) is 5.69 Å². The van der Waals surface area contributed by atoms with Crippen molar-refractivity contribution in [2.75, 3.05) is 11.9 Å². The highest BCUT2D eigenvalue weighted by atomic mass is 31.2. The maximum absolute atomic E-state index is 11.9. The van der Waals surface area contributed by atoms with Crippen molar-refractivity contribution in [3.63, 3.8) is 0 Å². The predicted molar refractivity (Wildman–Crippen MR) is 92.3 cm³/mol. The normalized spacial score (nSPS) is 10.5. The average Bonchev–Trinajstić information content (AvgIpc) is 2.56. The Bertz CT molecular complexity index is 910. The van der Waals surface area contributed by atoms with Crippen LogP contribution in [-0.4, -0.2) is 28.3 Å². The van der Waals surface area contributed by atoms with Gasteiger partial charge in [0, 0.05) is 5.56 Å². The molecule has 5 N–H and O–H groups in total. The number of hydrogen-bond donors (Lipinski definition) is 4. The standard InChI is InChI=1S/C17H13N2O5P/c1-2-3-4-5-6-7-10-14-11-8-9-12-16(14)19-17(20)15(18)13-24-25(21,22)23/h1,8-9,11-12,15H,13,18H2,(H,19,20)(H2,21,22,23). The first-order valence-electron chi connectivity index (χ1n) is 6.65. The van der Waals surface area contributed by atoms with Gasteiger partial charge in [0.05, 0.1) is 12.3 Å². The Kier molecular flexibility index (Phi) is 8.01. The molecule has 0 aliphatic rings. The van der Waals surface area contributed by atoms with Gasteiger partial charge in [0.2, 0.25) is 5.91 Å². The molecule has 0 fully saturated rings. The first-order chi connectivity index (χ1) is 11.8. The molecule has 0 heterocycles. The van der Waals surface area contributed by atoms with Gasteiger partial charge in [-0.3, -0.25) is 9.32 Å². The van der Waals surface area contributed by atoms with Crippen molar-refractivity contribution in [2.24, 2.45) is 5.73 Å². The van der Waals surface area contributed by atoms with Crippen molar-refractivity contribution < 1.29 is 23.7 Å². The van der Waals surface area contributed by atoms with E-state index in [2.05, 4.69) is 51.3 Å². The SMILES string of the molecule is C#CC#CC#CC#Cc1ccccc1NC(=O)C(N)COP(=O)(O)O. The lowest BCUT2D eigenvalue weighted by Gasteiger charge is -2.13. The Hall–Kier alpha value is -3.00. The van der Waals surface area contributed by atoms with Gasteiger partial charge in [-0.05, 0) is 47.7 Å². The number of rotatable bonds is 5. The van der Waals surface area contributed by atoms with E-state index in [-0.39, 0.29) is 0 Å². The molecule has 0 bridgehead atoms. The van der Waals surface area contributed by atoms with Crippen molar-refractivity contribution in [3.05, 3.63) is 29.8 Å². The summed E-state index contributed by atoms with van der Waals surface area (Å²) in [6.07, 6.45) is 4.94. The maximum Gasteiger partial charge on any atom is 0.469 e. The number of benzene rings is 1.